The molecule has 0 aliphatic rings. The Bertz CT molecular complexity index is 657. The summed E-state index contributed by atoms with van der Waals surface area (Å²) in [5.41, 5.74) is 1.73. The largest absolute Gasteiger partial charge is 0.485 e. The van der Waals surface area contributed by atoms with Crippen molar-refractivity contribution < 1.29 is 9.53 Å². The third-order valence-corrected chi connectivity index (χ3v) is 5.35. The van der Waals surface area contributed by atoms with E-state index in [0.717, 1.165) is 18.9 Å². The average molecular weight is 432 g/mol. The van der Waals surface area contributed by atoms with Crippen LogP contribution in [0.1, 0.15) is 36.7 Å². The molecule has 112 valence electrons. The van der Waals surface area contributed by atoms with Crippen LogP contribution in [0.2, 0.25) is 0 Å². The van der Waals surface area contributed by atoms with Crippen LogP contribution >= 0.6 is 43.2 Å². The van der Waals surface area contributed by atoms with Crippen LogP contribution in [0.3, 0.4) is 0 Å². The first kappa shape index (κ1) is 16.7. The van der Waals surface area contributed by atoms with Gasteiger partial charge < -0.3 is 4.74 Å². The van der Waals surface area contributed by atoms with Crippen LogP contribution in [0.4, 0.5) is 0 Å². The summed E-state index contributed by atoms with van der Waals surface area (Å²) in [6, 6.07) is 9.67. The van der Waals surface area contributed by atoms with Gasteiger partial charge >= 0.3 is 0 Å². The third kappa shape index (κ3) is 4.18. The Balaban J connectivity index is 2.14. The zero-order chi connectivity index (χ0) is 15.6. The summed E-state index contributed by atoms with van der Waals surface area (Å²) in [6.45, 7) is 6.42. The number of benzene rings is 1. The van der Waals surface area contributed by atoms with Crippen molar-refractivity contribution in [3.63, 3.8) is 0 Å². The number of para-hydroxylation sites is 1. The minimum absolute atomic E-state index is 0.0222. The lowest BCUT2D eigenvalue weighted by molar-refractivity contribution is 0.0919. The summed E-state index contributed by atoms with van der Waals surface area (Å²) < 4.78 is 7.51. The van der Waals surface area contributed by atoms with Gasteiger partial charge in [-0.2, -0.15) is 0 Å². The van der Waals surface area contributed by atoms with Crippen molar-refractivity contribution in [1.82, 2.24) is 0 Å². The fourth-order valence-electron chi connectivity index (χ4n) is 1.96. The smallest absolute Gasteiger partial charge is 0.202 e. The summed E-state index contributed by atoms with van der Waals surface area (Å²) in [5, 5.41) is 0. The molecule has 0 bridgehead atoms. The highest BCUT2D eigenvalue weighted by atomic mass is 79.9. The van der Waals surface area contributed by atoms with Gasteiger partial charge in [0.2, 0.25) is 5.78 Å². The van der Waals surface area contributed by atoms with E-state index in [9.17, 15) is 4.79 Å². The van der Waals surface area contributed by atoms with Gasteiger partial charge in [0.1, 0.15) is 5.75 Å². The summed E-state index contributed by atoms with van der Waals surface area (Å²) in [6.07, 6.45) is 0. The molecule has 0 amide bonds. The van der Waals surface area contributed by atoms with Crippen LogP contribution in [0.25, 0.3) is 0 Å². The first-order chi connectivity index (χ1) is 9.79. The van der Waals surface area contributed by atoms with E-state index >= 15 is 0 Å². The Morgan fingerprint density at radius 3 is 2.48 bits per heavy atom. The van der Waals surface area contributed by atoms with E-state index in [0.29, 0.717) is 5.56 Å². The van der Waals surface area contributed by atoms with Gasteiger partial charge in [-0.1, -0.05) is 39.0 Å². The lowest BCUT2D eigenvalue weighted by Gasteiger charge is -2.22. The quantitative estimate of drug-likeness (QED) is 0.569. The number of ether oxygens (including phenoxy) is 1. The normalized spacial score (nSPS) is 11.5. The van der Waals surface area contributed by atoms with Crippen LogP contribution in [0.5, 0.6) is 5.75 Å². The molecule has 2 nitrogen and oxygen atoms in total. The Labute approximate surface area is 145 Å². The highest BCUT2D eigenvalue weighted by Crippen LogP contribution is 2.33. The first-order valence-electron chi connectivity index (χ1n) is 6.49. The summed E-state index contributed by atoms with van der Waals surface area (Å²) in [7, 11) is 0. The number of carbonyl (C=O) groups excluding carboxylic acids is 1. The standard InChI is InChI=1S/C16H16Br2O2S/c1-16(2,3)11-6-4-5-7-13(11)20-9-12(19)10-8-14(17)21-15(10)18/h4-8H,9H2,1-3H3. The molecule has 1 aromatic heterocycles. The van der Waals surface area contributed by atoms with E-state index in [1.54, 1.807) is 0 Å². The van der Waals surface area contributed by atoms with Crippen LogP contribution < -0.4 is 4.74 Å². The molecular formula is C16H16Br2O2S. The van der Waals surface area contributed by atoms with E-state index in [2.05, 4.69) is 52.6 Å². The molecule has 0 unspecified atom stereocenters. The Kier molecular flexibility index (Phi) is 5.28. The van der Waals surface area contributed by atoms with Gasteiger partial charge in [0.25, 0.3) is 0 Å². The van der Waals surface area contributed by atoms with Gasteiger partial charge in [0.15, 0.2) is 6.61 Å². The molecule has 5 heteroatoms. The van der Waals surface area contributed by atoms with Crippen molar-refractivity contribution in [2.75, 3.05) is 6.61 Å². The molecule has 21 heavy (non-hydrogen) atoms. The van der Waals surface area contributed by atoms with E-state index in [1.807, 2.05) is 30.3 Å². The minimum atomic E-state index is -0.0347. The van der Waals surface area contributed by atoms with E-state index < -0.39 is 0 Å². The predicted octanol–water partition coefficient (Wildman–Crippen LogP) is 5.83. The van der Waals surface area contributed by atoms with Crippen LogP contribution in [0.15, 0.2) is 37.9 Å². The minimum Gasteiger partial charge on any atom is -0.485 e. The maximum Gasteiger partial charge on any atom is 0.202 e. The zero-order valence-electron chi connectivity index (χ0n) is 12.1. The van der Waals surface area contributed by atoms with Crippen molar-refractivity contribution >= 4 is 49.0 Å². The number of thiophene rings is 1. The number of ketones is 1. The number of rotatable bonds is 4. The van der Waals surface area contributed by atoms with Gasteiger partial charge in [-0.15, -0.1) is 11.3 Å². The predicted molar refractivity (Wildman–Crippen MR) is 94.7 cm³/mol. The second-order valence-electron chi connectivity index (χ2n) is 5.70. The molecule has 0 aliphatic carbocycles. The highest BCUT2D eigenvalue weighted by molar-refractivity contribution is 9.12. The van der Waals surface area contributed by atoms with Crippen molar-refractivity contribution in [3.8, 4) is 5.75 Å². The van der Waals surface area contributed by atoms with E-state index in [-0.39, 0.29) is 17.8 Å². The molecule has 2 aromatic rings. The molecule has 1 aromatic carbocycles. The molecule has 0 aliphatic heterocycles. The fraction of sp³-hybridized carbons (Fsp3) is 0.312. The number of Topliss-reactive ketones (excluding diaryl/α,β-unsaturated/α-hetero) is 1. The molecule has 0 atom stereocenters. The summed E-state index contributed by atoms with van der Waals surface area (Å²) in [5.74, 6) is 0.733. The molecule has 2 rings (SSSR count). The van der Waals surface area contributed by atoms with Gasteiger partial charge in [0.05, 0.1) is 7.57 Å². The van der Waals surface area contributed by atoms with Crippen LogP contribution in [0, 0.1) is 0 Å². The number of halogens is 2. The lowest BCUT2D eigenvalue weighted by Crippen LogP contribution is -2.16. The molecule has 0 spiro atoms. The Hall–Kier alpha value is -0.650. The summed E-state index contributed by atoms with van der Waals surface area (Å²) in [4.78, 5) is 12.2. The Morgan fingerprint density at radius 2 is 1.90 bits per heavy atom. The second kappa shape index (κ2) is 6.63. The fourth-order valence-corrected chi connectivity index (χ4v) is 4.82. The number of hydrogen-bond donors (Lipinski definition) is 0. The molecule has 0 fully saturated rings. The molecule has 1 heterocycles. The van der Waals surface area contributed by atoms with Crippen molar-refractivity contribution in [2.45, 2.75) is 26.2 Å². The van der Waals surface area contributed by atoms with E-state index in [1.165, 1.54) is 11.3 Å². The van der Waals surface area contributed by atoms with Gasteiger partial charge in [0, 0.05) is 5.56 Å². The SMILES string of the molecule is CC(C)(C)c1ccccc1OCC(=O)c1cc(Br)sc1Br. The maximum absolute atomic E-state index is 12.2. The Morgan fingerprint density at radius 1 is 1.24 bits per heavy atom. The van der Waals surface area contributed by atoms with Gasteiger partial charge in [-0.05, 0) is 55.0 Å². The second-order valence-corrected chi connectivity index (χ2v) is 9.45. The first-order valence-corrected chi connectivity index (χ1v) is 8.89. The number of hydrogen-bond acceptors (Lipinski definition) is 3. The molecule has 0 saturated carbocycles. The molecule has 0 radical (unpaired) electrons. The zero-order valence-corrected chi connectivity index (χ0v) is 16.1. The number of carbonyl (C=O) groups is 1. The van der Waals surface area contributed by atoms with Crippen molar-refractivity contribution in [1.29, 1.82) is 0 Å². The van der Waals surface area contributed by atoms with E-state index in [4.69, 9.17) is 4.74 Å². The topological polar surface area (TPSA) is 26.3 Å². The summed E-state index contributed by atoms with van der Waals surface area (Å²) >= 11 is 8.27. The molecule has 0 N–H and O–H groups in total. The average Bonchev–Trinajstić information content (AvgIpc) is 2.74. The van der Waals surface area contributed by atoms with Crippen molar-refractivity contribution in [3.05, 3.63) is 49.0 Å². The van der Waals surface area contributed by atoms with Crippen LogP contribution in [-0.4, -0.2) is 12.4 Å². The maximum atomic E-state index is 12.2. The molecule has 0 saturated heterocycles. The van der Waals surface area contributed by atoms with Crippen LogP contribution in [-0.2, 0) is 5.41 Å². The monoisotopic (exact) mass is 430 g/mol. The third-order valence-electron chi connectivity index (χ3n) is 3.01. The lowest BCUT2D eigenvalue weighted by atomic mass is 9.86. The van der Waals surface area contributed by atoms with Gasteiger partial charge in [-0.3, -0.25) is 4.79 Å². The van der Waals surface area contributed by atoms with Crippen molar-refractivity contribution in [2.24, 2.45) is 0 Å². The highest BCUT2D eigenvalue weighted by Gasteiger charge is 2.20. The van der Waals surface area contributed by atoms with Gasteiger partial charge in [-0.25, -0.2) is 0 Å². The molecular weight excluding hydrogens is 416 g/mol.